The minimum absolute atomic E-state index is 0.0701. The van der Waals surface area contributed by atoms with Gasteiger partial charge in [-0.3, -0.25) is 0 Å². The molecule has 1 aliphatic rings. The van der Waals surface area contributed by atoms with Crippen LogP contribution in [0, 0.1) is 17.8 Å². The number of carbonyl (C=O) groups is 2. The third kappa shape index (κ3) is 3.80. The van der Waals surface area contributed by atoms with Gasteiger partial charge in [0.05, 0.1) is 0 Å². The van der Waals surface area contributed by atoms with Gasteiger partial charge in [-0.2, -0.15) is 0 Å². The molecule has 2 atom stereocenters. The lowest BCUT2D eigenvalue weighted by Crippen LogP contribution is -2.45. The second kappa shape index (κ2) is 7.96. The van der Waals surface area contributed by atoms with Crippen LogP contribution in [0.3, 0.4) is 0 Å². The number of amides is 1. The fraction of sp³-hybridized carbons (Fsp3) is 0.273. The van der Waals surface area contributed by atoms with Crippen molar-refractivity contribution in [3.63, 3.8) is 0 Å². The molecule has 2 aromatic carbocycles. The molecule has 0 spiro atoms. The second-order valence-corrected chi connectivity index (χ2v) is 6.47. The van der Waals surface area contributed by atoms with Gasteiger partial charge < -0.3 is 15.2 Å². The van der Waals surface area contributed by atoms with Gasteiger partial charge in [-0.15, -0.1) is 5.92 Å². The number of alkyl carbamates (subject to hydrolysis) is 1. The maximum Gasteiger partial charge on any atom is 0.407 e. The highest BCUT2D eigenvalue weighted by Gasteiger charge is 2.30. The number of carboxylic acids is 1. The maximum atomic E-state index is 12.2. The van der Waals surface area contributed by atoms with Crippen molar-refractivity contribution >= 4 is 12.1 Å². The fourth-order valence-electron chi connectivity index (χ4n) is 3.48. The minimum Gasteiger partial charge on any atom is -0.480 e. The van der Waals surface area contributed by atoms with Crippen LogP contribution in [0.5, 0.6) is 0 Å². The van der Waals surface area contributed by atoms with Gasteiger partial charge in [-0.25, -0.2) is 9.59 Å². The first-order chi connectivity index (χ1) is 13.0. The molecular formula is C22H21NO4. The van der Waals surface area contributed by atoms with Gasteiger partial charge in [-0.05, 0) is 36.1 Å². The highest BCUT2D eigenvalue weighted by molar-refractivity contribution is 5.81. The van der Waals surface area contributed by atoms with Crippen molar-refractivity contribution in [3.05, 3.63) is 59.7 Å². The molecule has 0 fully saturated rings. The van der Waals surface area contributed by atoms with E-state index >= 15 is 0 Å². The van der Waals surface area contributed by atoms with Crippen LogP contribution in [0.4, 0.5) is 4.79 Å². The first kappa shape index (κ1) is 18.5. The number of aliphatic carboxylic acids is 1. The second-order valence-electron chi connectivity index (χ2n) is 6.47. The molecule has 0 aromatic heterocycles. The van der Waals surface area contributed by atoms with Gasteiger partial charge >= 0.3 is 12.1 Å². The summed E-state index contributed by atoms with van der Waals surface area (Å²) in [5, 5.41) is 11.7. The minimum atomic E-state index is -1.14. The van der Waals surface area contributed by atoms with Crippen LogP contribution in [-0.4, -0.2) is 29.8 Å². The lowest BCUT2D eigenvalue weighted by atomic mass is 9.98. The Morgan fingerprint density at radius 1 is 1.11 bits per heavy atom. The predicted molar refractivity (Wildman–Crippen MR) is 102 cm³/mol. The molecular weight excluding hydrogens is 342 g/mol. The Balaban J connectivity index is 1.72. The van der Waals surface area contributed by atoms with E-state index in [2.05, 4.69) is 29.3 Å². The first-order valence-electron chi connectivity index (χ1n) is 8.79. The van der Waals surface area contributed by atoms with Gasteiger partial charge in [0.2, 0.25) is 0 Å². The van der Waals surface area contributed by atoms with Crippen molar-refractivity contribution in [3.8, 4) is 23.0 Å². The van der Waals surface area contributed by atoms with Crippen molar-refractivity contribution in [2.45, 2.75) is 25.8 Å². The zero-order chi connectivity index (χ0) is 19.4. The molecule has 2 aromatic rings. The Bertz CT molecular complexity index is 880. The third-order valence-corrected chi connectivity index (χ3v) is 4.76. The number of carbonyl (C=O) groups excluding carboxylic acids is 1. The first-order valence-corrected chi connectivity index (χ1v) is 8.79. The number of nitrogens with one attached hydrogen (secondary N) is 1. The standard InChI is InChI=1S/C22H21NO4/c1-3-8-14(2)20(21(24)25)23-22(26)27-13-19-17-11-6-4-9-15(17)16-10-5-7-12-18(16)19/h4-7,9-12,14,19-20H,13H2,1-2H3,(H,23,26)(H,24,25)/t14-,20+/m0/s1. The summed E-state index contributed by atoms with van der Waals surface area (Å²) in [5.74, 6) is 3.69. The summed E-state index contributed by atoms with van der Waals surface area (Å²) in [4.78, 5) is 23.6. The van der Waals surface area contributed by atoms with Crippen molar-refractivity contribution in [2.24, 2.45) is 5.92 Å². The summed E-state index contributed by atoms with van der Waals surface area (Å²) >= 11 is 0. The molecule has 5 heteroatoms. The van der Waals surface area contributed by atoms with E-state index in [0.717, 1.165) is 22.3 Å². The van der Waals surface area contributed by atoms with E-state index in [1.54, 1.807) is 13.8 Å². The summed E-state index contributed by atoms with van der Waals surface area (Å²) in [6.45, 7) is 3.42. The van der Waals surface area contributed by atoms with Crippen molar-refractivity contribution < 1.29 is 19.4 Å². The maximum absolute atomic E-state index is 12.2. The van der Waals surface area contributed by atoms with Crippen LogP contribution in [0.25, 0.3) is 11.1 Å². The average molecular weight is 363 g/mol. The van der Waals surface area contributed by atoms with E-state index in [9.17, 15) is 14.7 Å². The average Bonchev–Trinajstić information content (AvgIpc) is 2.98. The highest BCUT2D eigenvalue weighted by atomic mass is 16.5. The molecule has 3 rings (SSSR count). The molecule has 0 aliphatic heterocycles. The van der Waals surface area contributed by atoms with Gasteiger partial charge in [0.15, 0.2) is 0 Å². The lowest BCUT2D eigenvalue weighted by molar-refractivity contribution is -0.140. The Morgan fingerprint density at radius 3 is 2.19 bits per heavy atom. The summed E-state index contributed by atoms with van der Waals surface area (Å²) in [5.41, 5.74) is 4.48. The normalized spacial score (nSPS) is 14.1. The third-order valence-electron chi connectivity index (χ3n) is 4.76. The van der Waals surface area contributed by atoms with E-state index in [-0.39, 0.29) is 12.5 Å². The zero-order valence-electron chi connectivity index (χ0n) is 15.2. The lowest BCUT2D eigenvalue weighted by Gasteiger charge is -2.19. The molecule has 0 bridgehead atoms. The number of rotatable bonds is 5. The Kier molecular flexibility index (Phi) is 5.46. The Morgan fingerprint density at radius 2 is 1.67 bits per heavy atom. The Labute approximate surface area is 158 Å². The van der Waals surface area contributed by atoms with Crippen molar-refractivity contribution in [2.75, 3.05) is 6.61 Å². The number of benzene rings is 2. The molecule has 0 heterocycles. The molecule has 138 valence electrons. The van der Waals surface area contributed by atoms with Gasteiger partial charge in [-0.1, -0.05) is 54.5 Å². The highest BCUT2D eigenvalue weighted by Crippen LogP contribution is 2.44. The molecule has 5 nitrogen and oxygen atoms in total. The molecule has 0 radical (unpaired) electrons. The number of carboxylic acid groups (broad SMARTS) is 1. The van der Waals surface area contributed by atoms with Gasteiger partial charge in [0.1, 0.15) is 12.6 Å². The topological polar surface area (TPSA) is 75.6 Å². The predicted octanol–water partition coefficient (Wildman–Crippen LogP) is 3.64. The van der Waals surface area contributed by atoms with Crippen LogP contribution < -0.4 is 5.32 Å². The quantitative estimate of drug-likeness (QED) is 0.796. The number of ether oxygens (including phenoxy) is 1. The zero-order valence-corrected chi connectivity index (χ0v) is 15.2. The van der Waals surface area contributed by atoms with E-state index in [1.807, 2.05) is 36.4 Å². The van der Waals surface area contributed by atoms with Crippen LogP contribution in [-0.2, 0) is 9.53 Å². The molecule has 27 heavy (non-hydrogen) atoms. The van der Waals surface area contributed by atoms with E-state index < -0.39 is 24.0 Å². The van der Waals surface area contributed by atoms with Gasteiger partial charge in [0.25, 0.3) is 0 Å². The Hall–Kier alpha value is -3.26. The monoisotopic (exact) mass is 363 g/mol. The fourth-order valence-corrected chi connectivity index (χ4v) is 3.48. The van der Waals surface area contributed by atoms with Crippen LogP contribution >= 0.6 is 0 Å². The summed E-state index contributed by atoms with van der Waals surface area (Å²) in [6, 6.07) is 14.9. The molecule has 1 aliphatic carbocycles. The molecule has 0 saturated carbocycles. The number of fused-ring (bicyclic) bond motifs is 3. The largest absolute Gasteiger partial charge is 0.480 e. The SMILES string of the molecule is CC#C[C@H](C)[C@@H](NC(=O)OCC1c2ccccc2-c2ccccc21)C(=O)O. The van der Waals surface area contributed by atoms with Crippen LogP contribution in [0.2, 0.25) is 0 Å². The molecule has 0 saturated heterocycles. The van der Waals surface area contributed by atoms with E-state index in [4.69, 9.17) is 4.74 Å². The summed E-state index contributed by atoms with van der Waals surface area (Å²) < 4.78 is 5.39. The van der Waals surface area contributed by atoms with E-state index in [1.165, 1.54) is 0 Å². The summed E-state index contributed by atoms with van der Waals surface area (Å²) in [6.07, 6.45) is -0.756. The smallest absolute Gasteiger partial charge is 0.407 e. The van der Waals surface area contributed by atoms with Crippen molar-refractivity contribution in [1.29, 1.82) is 0 Å². The van der Waals surface area contributed by atoms with Gasteiger partial charge in [0, 0.05) is 11.8 Å². The van der Waals surface area contributed by atoms with Crippen LogP contribution in [0.15, 0.2) is 48.5 Å². The van der Waals surface area contributed by atoms with Crippen LogP contribution in [0.1, 0.15) is 30.9 Å². The molecule has 1 amide bonds. The van der Waals surface area contributed by atoms with E-state index in [0.29, 0.717) is 0 Å². The summed E-state index contributed by atoms with van der Waals surface area (Å²) in [7, 11) is 0. The molecule has 2 N–H and O–H groups in total. The number of hydrogen-bond donors (Lipinski definition) is 2. The van der Waals surface area contributed by atoms with Crippen molar-refractivity contribution in [1.82, 2.24) is 5.32 Å². The molecule has 0 unspecified atom stereocenters. The number of hydrogen-bond acceptors (Lipinski definition) is 3.